The van der Waals surface area contributed by atoms with Gasteiger partial charge in [-0.25, -0.2) is 0 Å². The zero-order valence-electron chi connectivity index (χ0n) is 9.11. The first-order chi connectivity index (χ1) is 5.78. The third-order valence-corrected chi connectivity index (χ3v) is 1.25. The van der Waals surface area contributed by atoms with Gasteiger partial charge in [-0.2, -0.15) is 0 Å². The van der Waals surface area contributed by atoms with Crippen LogP contribution in [0.5, 0.6) is 0 Å². The molecule has 13 heteroatoms. The van der Waals surface area contributed by atoms with E-state index in [1.54, 1.807) is 0 Å². The molecule has 0 aromatic carbocycles. The zero-order valence-corrected chi connectivity index (χ0v) is 10.1. The van der Waals surface area contributed by atoms with Crippen LogP contribution < -0.4 is 15.3 Å². The first-order valence-electron chi connectivity index (χ1n) is 3.11. The second kappa shape index (κ2) is 16.7. The molecule has 0 saturated heterocycles. The normalized spacial score (nSPS) is 7.42. The minimum absolute atomic E-state index is 0. The fourth-order valence-electron chi connectivity index (χ4n) is 0.684. The molecule has 11 N–H and O–H groups in total. The number of carbonyl (C=O) groups excluding carboxylic acids is 3. The number of carboxylic acid groups (broad SMARTS) is 3. The first-order valence-corrected chi connectivity index (χ1v) is 3.11. The smallest absolute Gasteiger partial charge is 0.114 e. The van der Waals surface area contributed by atoms with Gasteiger partial charge in [0.05, 0.1) is 5.97 Å². The van der Waals surface area contributed by atoms with E-state index in [0.717, 1.165) is 0 Å². The van der Waals surface area contributed by atoms with Crippen molar-refractivity contribution >= 4 is 17.9 Å². The Bertz CT molecular complexity index is 237. The van der Waals surface area contributed by atoms with Gasteiger partial charge in [-0.3, -0.25) is 0 Å². The number of carbonyl (C=O) groups is 3. The van der Waals surface area contributed by atoms with Crippen molar-refractivity contribution in [1.82, 2.24) is 0 Å². The summed E-state index contributed by atoms with van der Waals surface area (Å²) in [6, 6.07) is 0. The Morgan fingerprint density at radius 3 is 1.11 bits per heavy atom. The Hall–Kier alpha value is -1.31. The quantitative estimate of drug-likeness (QED) is 0.469. The van der Waals surface area contributed by atoms with E-state index in [0.29, 0.717) is 0 Å². The second-order valence-electron chi connectivity index (χ2n) is 2.42. The van der Waals surface area contributed by atoms with Crippen LogP contribution in [0, 0.1) is 0 Å². The van der Waals surface area contributed by atoms with Crippen molar-refractivity contribution in [2.45, 2.75) is 18.4 Å². The Labute approximate surface area is 116 Å². The third kappa shape index (κ3) is 16.7. The molecule has 0 fully saturated rings. The maximum Gasteiger partial charge on any atom is 0.114 e. The van der Waals surface area contributed by atoms with Gasteiger partial charge < -0.3 is 62.2 Å². The molecule has 19 heavy (non-hydrogen) atoms. The first kappa shape index (κ1) is 43.1. The molecule has 0 saturated carbocycles. The SMILES string of the molecule is O.O.O.O.O.O=C([O-])CC(O)(CC(=O)[O-])C(=O)[O-].[Cu]. The van der Waals surface area contributed by atoms with Crippen molar-refractivity contribution in [3.63, 3.8) is 0 Å². The van der Waals surface area contributed by atoms with E-state index in [1.807, 2.05) is 0 Å². The molecule has 0 spiro atoms. The van der Waals surface area contributed by atoms with Crippen LogP contribution >= 0.6 is 0 Å². The van der Waals surface area contributed by atoms with Crippen LogP contribution in [0.15, 0.2) is 0 Å². The summed E-state index contributed by atoms with van der Waals surface area (Å²) in [7, 11) is 0. The summed E-state index contributed by atoms with van der Waals surface area (Å²) in [6.07, 6.45) is -2.72. The minimum Gasteiger partial charge on any atom is -0.550 e. The van der Waals surface area contributed by atoms with Crippen molar-refractivity contribution in [2.24, 2.45) is 0 Å². The summed E-state index contributed by atoms with van der Waals surface area (Å²) in [6.45, 7) is 0. The van der Waals surface area contributed by atoms with E-state index in [2.05, 4.69) is 0 Å². The minimum atomic E-state index is -2.97. The monoisotopic (exact) mass is 342 g/mol. The standard InChI is InChI=1S/C6H8O7.Cu.5H2O/c7-3(8)1-6(13,5(11)12)2-4(9)10;;;;;;/h13H,1-2H2,(H,7,8)(H,9,10)(H,11,12);;5*1H2/p-3. The molecule has 0 aromatic rings. The van der Waals surface area contributed by atoms with Gasteiger partial charge in [-0.15, -0.1) is 0 Å². The molecule has 0 aliphatic rings. The molecule has 0 unspecified atom stereocenters. The van der Waals surface area contributed by atoms with Gasteiger partial charge in [0, 0.05) is 41.8 Å². The molecule has 0 heterocycles. The molecule has 1 radical (unpaired) electrons. The molecular formula is C6H15CuO12-3. The van der Waals surface area contributed by atoms with E-state index in [9.17, 15) is 29.7 Å². The maximum absolute atomic E-state index is 10.1. The summed E-state index contributed by atoms with van der Waals surface area (Å²) in [5.41, 5.74) is -2.97. The van der Waals surface area contributed by atoms with Crippen LogP contribution in [0.2, 0.25) is 0 Å². The van der Waals surface area contributed by atoms with E-state index in [1.165, 1.54) is 0 Å². The van der Waals surface area contributed by atoms with Crippen molar-refractivity contribution in [1.29, 1.82) is 0 Å². The maximum atomic E-state index is 10.1. The van der Waals surface area contributed by atoms with Crippen LogP contribution in [-0.2, 0) is 31.5 Å². The van der Waals surface area contributed by atoms with E-state index in [4.69, 9.17) is 5.11 Å². The van der Waals surface area contributed by atoms with Crippen molar-refractivity contribution in [3.05, 3.63) is 0 Å². The number of carboxylic acids is 3. The molecule has 0 bridgehead atoms. The average Bonchev–Trinajstić information content (AvgIpc) is 1.82. The molecule has 0 amide bonds. The predicted octanol–water partition coefficient (Wildman–Crippen LogP) is -9.38. The van der Waals surface area contributed by atoms with Gasteiger partial charge in [-0.05, 0) is 0 Å². The number of hydrogen-bond acceptors (Lipinski definition) is 7. The number of aliphatic hydroxyl groups is 1. The van der Waals surface area contributed by atoms with Crippen LogP contribution in [0.3, 0.4) is 0 Å². The van der Waals surface area contributed by atoms with E-state index in [-0.39, 0.29) is 44.4 Å². The van der Waals surface area contributed by atoms with Crippen LogP contribution in [0.25, 0.3) is 0 Å². The summed E-state index contributed by atoms with van der Waals surface area (Å²) >= 11 is 0. The Balaban J connectivity index is -0.0000000480. The van der Waals surface area contributed by atoms with E-state index < -0.39 is 36.4 Å². The Morgan fingerprint density at radius 1 is 0.789 bits per heavy atom. The molecule has 0 rings (SSSR count). The number of hydrogen-bond donors (Lipinski definition) is 1. The molecule has 0 aliphatic heterocycles. The molecule has 0 aromatic heterocycles. The fraction of sp³-hybridized carbons (Fsp3) is 0.500. The summed E-state index contributed by atoms with van der Waals surface area (Å²) in [4.78, 5) is 30.0. The molecular weight excluding hydrogens is 328 g/mol. The summed E-state index contributed by atoms with van der Waals surface area (Å²) in [5, 5.41) is 38.9. The molecule has 0 atom stereocenters. The zero-order chi connectivity index (χ0) is 10.6. The van der Waals surface area contributed by atoms with Crippen LogP contribution in [0.1, 0.15) is 12.8 Å². The summed E-state index contributed by atoms with van der Waals surface area (Å²) < 4.78 is 0. The van der Waals surface area contributed by atoms with Gasteiger partial charge in [0.25, 0.3) is 0 Å². The predicted molar refractivity (Wildman–Crippen MR) is 47.3 cm³/mol. The van der Waals surface area contributed by atoms with Crippen LogP contribution in [-0.4, -0.2) is 56.0 Å². The number of aliphatic carboxylic acids is 3. The average molecular weight is 343 g/mol. The van der Waals surface area contributed by atoms with Gasteiger partial charge in [-0.1, -0.05) is 0 Å². The van der Waals surface area contributed by atoms with Gasteiger partial charge >= 0.3 is 0 Å². The van der Waals surface area contributed by atoms with E-state index >= 15 is 0 Å². The molecule has 0 aliphatic carbocycles. The van der Waals surface area contributed by atoms with Gasteiger partial charge in [0.15, 0.2) is 0 Å². The van der Waals surface area contributed by atoms with Crippen molar-refractivity contribution in [3.8, 4) is 0 Å². The van der Waals surface area contributed by atoms with Crippen molar-refractivity contribution in [2.75, 3.05) is 0 Å². The van der Waals surface area contributed by atoms with Crippen molar-refractivity contribution < 1.29 is 79.3 Å². The Morgan fingerprint density at radius 2 is 1.00 bits per heavy atom. The second-order valence-corrected chi connectivity index (χ2v) is 2.42. The topological polar surface area (TPSA) is 298 Å². The largest absolute Gasteiger partial charge is 0.550 e. The van der Waals surface area contributed by atoms with Gasteiger partial charge in [0.1, 0.15) is 5.60 Å². The Kier molecular flexibility index (Phi) is 37.9. The molecule has 125 valence electrons. The van der Waals surface area contributed by atoms with Gasteiger partial charge in [0.2, 0.25) is 0 Å². The third-order valence-electron chi connectivity index (χ3n) is 1.25. The number of rotatable bonds is 5. The molecule has 12 nitrogen and oxygen atoms in total. The summed E-state index contributed by atoms with van der Waals surface area (Å²) in [5.74, 6) is -5.98. The fourth-order valence-corrected chi connectivity index (χ4v) is 0.684. The van der Waals surface area contributed by atoms with Crippen LogP contribution in [0.4, 0.5) is 0 Å².